The smallest absolute Gasteiger partial charge is 0.370 e. The van der Waals surface area contributed by atoms with Gasteiger partial charge in [0.05, 0.1) is 0 Å². The molecular formula is C20H32NO4+. The minimum Gasteiger partial charge on any atom is -0.477 e. The van der Waals surface area contributed by atoms with Crippen molar-refractivity contribution < 1.29 is 24.0 Å². The van der Waals surface area contributed by atoms with Crippen molar-refractivity contribution in [3.8, 4) is 0 Å². The Hall–Kier alpha value is -1.91. The highest BCUT2D eigenvalue weighted by molar-refractivity contribution is 5.69. The van der Waals surface area contributed by atoms with E-state index in [1.807, 2.05) is 0 Å². The average molecular weight is 350 g/mol. The number of esters is 1. The summed E-state index contributed by atoms with van der Waals surface area (Å²) in [6.45, 7) is 2.40. The van der Waals surface area contributed by atoms with Gasteiger partial charge in [-0.1, -0.05) is 58.3 Å². The van der Waals surface area contributed by atoms with Crippen molar-refractivity contribution in [3.63, 3.8) is 0 Å². The highest BCUT2D eigenvalue weighted by Crippen LogP contribution is 2.11. The molecule has 0 saturated heterocycles. The summed E-state index contributed by atoms with van der Waals surface area (Å²) in [5.74, 6) is -1.05. The van der Waals surface area contributed by atoms with Gasteiger partial charge in [0, 0.05) is 24.1 Å². The third kappa shape index (κ3) is 11.3. The van der Waals surface area contributed by atoms with Gasteiger partial charge in [0.15, 0.2) is 12.4 Å². The van der Waals surface area contributed by atoms with Gasteiger partial charge >= 0.3 is 11.9 Å². The number of aromatic nitrogens is 1. The van der Waals surface area contributed by atoms with Gasteiger partial charge in [-0.15, -0.1) is 0 Å². The fraction of sp³-hybridized carbons (Fsp3) is 0.650. The molecule has 0 aliphatic rings. The zero-order chi connectivity index (χ0) is 18.3. The van der Waals surface area contributed by atoms with E-state index < -0.39 is 5.97 Å². The molecule has 1 aromatic heterocycles. The van der Waals surface area contributed by atoms with Crippen LogP contribution in [0.15, 0.2) is 24.5 Å². The zero-order valence-corrected chi connectivity index (χ0v) is 15.4. The van der Waals surface area contributed by atoms with E-state index in [9.17, 15) is 9.59 Å². The summed E-state index contributed by atoms with van der Waals surface area (Å²) in [5, 5.41) is 8.71. The molecule has 1 rings (SSSR count). The van der Waals surface area contributed by atoms with E-state index in [-0.39, 0.29) is 19.1 Å². The van der Waals surface area contributed by atoms with Gasteiger partial charge in [-0.3, -0.25) is 4.79 Å². The molecule has 0 atom stereocenters. The number of carbonyl (C=O) groups excluding carboxylic acids is 1. The Morgan fingerprint density at radius 3 is 2.08 bits per heavy atom. The highest BCUT2D eigenvalue weighted by Gasteiger charge is 2.08. The molecule has 0 fully saturated rings. The second-order valence-corrected chi connectivity index (χ2v) is 6.51. The number of carboxylic acids is 1. The Morgan fingerprint density at radius 2 is 1.52 bits per heavy atom. The van der Waals surface area contributed by atoms with Gasteiger partial charge in [-0.25, -0.2) is 4.79 Å². The van der Waals surface area contributed by atoms with Gasteiger partial charge in [-0.05, 0) is 6.42 Å². The third-order valence-electron chi connectivity index (χ3n) is 4.16. The Balaban J connectivity index is 2.04. The minimum atomic E-state index is -0.884. The molecule has 0 saturated carbocycles. The van der Waals surface area contributed by atoms with Crippen LogP contribution in [0.1, 0.15) is 76.7 Å². The number of nitrogens with zero attached hydrogens (tertiary/aromatic N) is 1. The molecule has 0 aliphatic carbocycles. The van der Waals surface area contributed by atoms with Crippen LogP contribution in [0.3, 0.4) is 0 Å². The van der Waals surface area contributed by atoms with Crippen LogP contribution in [-0.4, -0.2) is 17.0 Å². The minimum absolute atomic E-state index is 0.0708. The molecule has 0 aliphatic heterocycles. The summed E-state index contributed by atoms with van der Waals surface area (Å²) in [7, 11) is 0. The van der Waals surface area contributed by atoms with Crippen LogP contribution in [0, 0.1) is 0 Å². The molecular weight excluding hydrogens is 318 g/mol. The highest BCUT2D eigenvalue weighted by atomic mass is 16.5. The molecule has 0 radical (unpaired) electrons. The van der Waals surface area contributed by atoms with Crippen LogP contribution in [-0.2, 0) is 27.5 Å². The molecule has 0 amide bonds. The van der Waals surface area contributed by atoms with Gasteiger partial charge in [0.25, 0.3) is 0 Å². The van der Waals surface area contributed by atoms with Crippen LogP contribution in [0.4, 0.5) is 0 Å². The number of pyridine rings is 1. The molecule has 0 aromatic carbocycles. The van der Waals surface area contributed by atoms with E-state index >= 15 is 0 Å². The summed E-state index contributed by atoms with van der Waals surface area (Å²) in [6.07, 6.45) is 14.9. The van der Waals surface area contributed by atoms with E-state index in [1.54, 1.807) is 29.1 Å². The second-order valence-electron chi connectivity index (χ2n) is 6.51. The molecule has 1 heterocycles. The first kappa shape index (κ1) is 21.1. The molecule has 1 N–H and O–H groups in total. The number of carboxylic acid groups (broad SMARTS) is 1. The number of aliphatic carboxylic acids is 1. The number of hydrogen-bond donors (Lipinski definition) is 1. The molecule has 140 valence electrons. The second kappa shape index (κ2) is 13.4. The fourth-order valence-corrected chi connectivity index (χ4v) is 2.66. The van der Waals surface area contributed by atoms with Crippen molar-refractivity contribution in [1.82, 2.24) is 0 Å². The summed E-state index contributed by atoms with van der Waals surface area (Å²) < 4.78 is 6.82. The van der Waals surface area contributed by atoms with Crippen LogP contribution < -0.4 is 4.57 Å². The topological polar surface area (TPSA) is 67.5 Å². The monoisotopic (exact) mass is 350 g/mol. The first-order valence-electron chi connectivity index (χ1n) is 9.47. The maximum absolute atomic E-state index is 11.7. The average Bonchev–Trinajstić information content (AvgIpc) is 2.59. The predicted molar refractivity (Wildman–Crippen MR) is 95.9 cm³/mol. The van der Waals surface area contributed by atoms with E-state index in [1.165, 1.54) is 44.9 Å². The molecule has 5 nitrogen and oxygen atoms in total. The van der Waals surface area contributed by atoms with Crippen molar-refractivity contribution in [2.45, 2.75) is 84.3 Å². The normalized spacial score (nSPS) is 10.6. The van der Waals surface area contributed by atoms with Gasteiger partial charge in [0.1, 0.15) is 6.61 Å². The summed E-state index contributed by atoms with van der Waals surface area (Å²) >= 11 is 0. The number of carbonyl (C=O) groups is 2. The van der Waals surface area contributed by atoms with Crippen LogP contribution in [0.5, 0.6) is 0 Å². The lowest BCUT2D eigenvalue weighted by Crippen LogP contribution is -2.36. The number of unbranched alkanes of at least 4 members (excludes halogenated alkanes) is 8. The summed E-state index contributed by atoms with van der Waals surface area (Å²) in [4.78, 5) is 22.3. The number of ether oxygens (including phenoxy) is 1. The van der Waals surface area contributed by atoms with E-state index in [4.69, 9.17) is 9.84 Å². The first-order chi connectivity index (χ1) is 12.1. The fourth-order valence-electron chi connectivity index (χ4n) is 2.66. The van der Waals surface area contributed by atoms with E-state index in [0.717, 1.165) is 18.4 Å². The largest absolute Gasteiger partial charge is 0.477 e. The van der Waals surface area contributed by atoms with Crippen molar-refractivity contribution in [1.29, 1.82) is 0 Å². The zero-order valence-electron chi connectivity index (χ0n) is 15.4. The van der Waals surface area contributed by atoms with E-state index in [2.05, 4.69) is 6.92 Å². The van der Waals surface area contributed by atoms with Crippen molar-refractivity contribution >= 4 is 11.9 Å². The van der Waals surface area contributed by atoms with Crippen molar-refractivity contribution in [2.24, 2.45) is 0 Å². The summed E-state index contributed by atoms with van der Waals surface area (Å²) in [5.41, 5.74) is 0.863. The number of rotatable bonds is 14. The lowest BCUT2D eigenvalue weighted by atomic mass is 10.1. The van der Waals surface area contributed by atoms with Crippen LogP contribution in [0.25, 0.3) is 0 Å². The third-order valence-corrected chi connectivity index (χ3v) is 4.16. The maximum Gasteiger partial charge on any atom is 0.370 e. The standard InChI is InChI=1S/C20H31NO4/c1-2-3-4-5-6-7-8-9-10-11-20(24)25-17-18-12-14-21(15-13-18)16-19(22)23/h12-15H,2-11,16-17H2,1H3/p+1. The van der Waals surface area contributed by atoms with Crippen molar-refractivity contribution in [3.05, 3.63) is 30.1 Å². The Bertz CT molecular complexity index is 499. The number of hydrogen-bond acceptors (Lipinski definition) is 3. The van der Waals surface area contributed by atoms with Crippen LogP contribution >= 0.6 is 0 Å². The lowest BCUT2D eigenvalue weighted by molar-refractivity contribution is -0.685. The first-order valence-corrected chi connectivity index (χ1v) is 9.47. The van der Waals surface area contributed by atoms with E-state index in [0.29, 0.717) is 6.42 Å². The molecule has 5 heteroatoms. The van der Waals surface area contributed by atoms with Gasteiger partial charge in [0.2, 0.25) is 6.54 Å². The summed E-state index contributed by atoms with van der Waals surface area (Å²) in [6, 6.07) is 3.55. The van der Waals surface area contributed by atoms with Crippen LogP contribution in [0.2, 0.25) is 0 Å². The molecule has 25 heavy (non-hydrogen) atoms. The Kier molecular flexibility index (Phi) is 11.3. The maximum atomic E-state index is 11.7. The molecule has 0 bridgehead atoms. The quantitative estimate of drug-likeness (QED) is 0.312. The molecule has 0 unspecified atom stereocenters. The van der Waals surface area contributed by atoms with Gasteiger partial charge < -0.3 is 9.84 Å². The van der Waals surface area contributed by atoms with Crippen molar-refractivity contribution in [2.75, 3.05) is 0 Å². The SMILES string of the molecule is CCCCCCCCCCCC(=O)OCc1cc[n+](CC(=O)O)cc1. The lowest BCUT2D eigenvalue weighted by Gasteiger charge is -2.05. The Morgan fingerprint density at radius 1 is 0.960 bits per heavy atom. The Labute approximate surface area is 151 Å². The van der Waals surface area contributed by atoms with Gasteiger partial charge in [-0.2, -0.15) is 4.57 Å². The molecule has 0 spiro atoms. The molecule has 1 aromatic rings. The predicted octanol–water partition coefficient (Wildman–Crippen LogP) is 4.02.